The van der Waals surface area contributed by atoms with Crippen LogP contribution in [-0.4, -0.2) is 44.5 Å². The third kappa shape index (κ3) is 5.85. The Kier molecular flexibility index (Phi) is 5.92. The largest absolute Gasteiger partial charge is 0.352 e. The Morgan fingerprint density at radius 1 is 1.33 bits per heavy atom. The summed E-state index contributed by atoms with van der Waals surface area (Å²) < 4.78 is 23.6. The Morgan fingerprint density at radius 2 is 1.95 bits per heavy atom. The summed E-state index contributed by atoms with van der Waals surface area (Å²) in [5, 5.41) is 2.83. The minimum Gasteiger partial charge on any atom is -0.352 e. The summed E-state index contributed by atoms with van der Waals surface area (Å²) in [7, 11) is -1.94. The summed E-state index contributed by atoms with van der Waals surface area (Å²) in [6.07, 6.45) is 1.81. The highest BCUT2D eigenvalue weighted by Gasteiger charge is 2.16. The van der Waals surface area contributed by atoms with E-state index in [0.717, 1.165) is 17.0 Å². The van der Waals surface area contributed by atoms with Crippen LogP contribution >= 0.6 is 0 Å². The maximum Gasteiger partial charge on any atom is 0.235 e. The van der Waals surface area contributed by atoms with E-state index in [-0.39, 0.29) is 18.5 Å². The molecule has 1 atom stereocenters. The van der Waals surface area contributed by atoms with Gasteiger partial charge < -0.3 is 5.32 Å². The van der Waals surface area contributed by atoms with Gasteiger partial charge in [0.15, 0.2) is 0 Å². The smallest absolute Gasteiger partial charge is 0.235 e. The van der Waals surface area contributed by atoms with Gasteiger partial charge in [-0.1, -0.05) is 23.8 Å². The van der Waals surface area contributed by atoms with E-state index in [2.05, 4.69) is 17.4 Å². The lowest BCUT2D eigenvalue weighted by atomic mass is 10.00. The molecule has 1 N–H and O–H groups in total. The lowest BCUT2D eigenvalue weighted by molar-refractivity contribution is -0.121. The average Bonchev–Trinajstić information content (AvgIpc) is 2.31. The molecule has 0 bridgehead atoms. The fourth-order valence-electron chi connectivity index (χ4n) is 2.10. The molecule has 21 heavy (non-hydrogen) atoms. The van der Waals surface area contributed by atoms with Crippen LogP contribution in [0.2, 0.25) is 0 Å². The predicted octanol–water partition coefficient (Wildman–Crippen LogP) is 1.24. The van der Waals surface area contributed by atoms with E-state index in [4.69, 9.17) is 0 Å². The monoisotopic (exact) mass is 312 g/mol. The maximum atomic E-state index is 11.8. The molecule has 1 amide bonds. The van der Waals surface area contributed by atoms with Crippen molar-refractivity contribution >= 4 is 15.9 Å². The Hall–Kier alpha value is -1.40. The molecule has 0 aliphatic rings. The van der Waals surface area contributed by atoms with Crippen LogP contribution in [0.3, 0.4) is 0 Å². The van der Waals surface area contributed by atoms with Crippen LogP contribution in [0.15, 0.2) is 18.2 Å². The van der Waals surface area contributed by atoms with Crippen molar-refractivity contribution in [2.45, 2.75) is 33.2 Å². The van der Waals surface area contributed by atoms with E-state index in [0.29, 0.717) is 0 Å². The minimum atomic E-state index is -3.33. The average molecular weight is 312 g/mol. The van der Waals surface area contributed by atoms with Gasteiger partial charge in [-0.15, -0.1) is 0 Å². The second kappa shape index (κ2) is 7.04. The number of nitrogens with one attached hydrogen (secondary N) is 1. The Bertz CT molecular complexity index is 611. The topological polar surface area (TPSA) is 66.5 Å². The molecule has 118 valence electrons. The number of likely N-dealkylation sites (N-methyl/N-ethyl adjacent to an activating group) is 1. The van der Waals surface area contributed by atoms with Gasteiger partial charge in [-0.25, -0.2) is 8.42 Å². The van der Waals surface area contributed by atoms with Gasteiger partial charge in [0, 0.05) is 13.1 Å². The Morgan fingerprint density at radius 3 is 2.48 bits per heavy atom. The molecule has 1 rings (SSSR count). The van der Waals surface area contributed by atoms with E-state index in [9.17, 15) is 13.2 Å². The third-order valence-electron chi connectivity index (χ3n) is 3.36. The number of rotatable bonds is 6. The van der Waals surface area contributed by atoms with Crippen LogP contribution in [-0.2, 0) is 21.2 Å². The van der Waals surface area contributed by atoms with Crippen molar-refractivity contribution in [1.82, 2.24) is 9.62 Å². The van der Waals surface area contributed by atoms with Crippen molar-refractivity contribution in [3.8, 4) is 0 Å². The van der Waals surface area contributed by atoms with E-state index in [1.165, 1.54) is 23.7 Å². The second-order valence-electron chi connectivity index (χ2n) is 5.62. The van der Waals surface area contributed by atoms with Crippen molar-refractivity contribution in [3.63, 3.8) is 0 Å². The van der Waals surface area contributed by atoms with Gasteiger partial charge in [-0.05, 0) is 38.3 Å². The highest BCUT2D eigenvalue weighted by molar-refractivity contribution is 7.88. The summed E-state index contributed by atoms with van der Waals surface area (Å²) in [6.45, 7) is 5.85. The van der Waals surface area contributed by atoms with Crippen LogP contribution in [0.4, 0.5) is 0 Å². The highest BCUT2D eigenvalue weighted by atomic mass is 32.2. The van der Waals surface area contributed by atoms with E-state index in [1.807, 2.05) is 26.8 Å². The van der Waals surface area contributed by atoms with Crippen molar-refractivity contribution in [1.29, 1.82) is 0 Å². The molecular formula is C15H24N2O3S. The standard InChI is InChI=1S/C15H24N2O3S/c1-11-6-7-14(12(2)8-11)9-13(3)16-15(18)10-17(4)21(5,19)20/h6-8,13H,9-10H2,1-5H3,(H,16,18)/t13-/m0/s1. The molecule has 0 unspecified atom stereocenters. The molecule has 6 heteroatoms. The fourth-order valence-corrected chi connectivity index (χ4v) is 2.45. The number of carbonyl (C=O) groups excluding carboxylic acids is 1. The zero-order valence-corrected chi connectivity index (χ0v) is 14.1. The van der Waals surface area contributed by atoms with Crippen LogP contribution in [0.25, 0.3) is 0 Å². The van der Waals surface area contributed by atoms with Crippen molar-refractivity contribution in [2.24, 2.45) is 0 Å². The van der Waals surface area contributed by atoms with E-state index in [1.54, 1.807) is 0 Å². The lowest BCUT2D eigenvalue weighted by Gasteiger charge is -2.18. The van der Waals surface area contributed by atoms with Gasteiger partial charge in [0.25, 0.3) is 0 Å². The van der Waals surface area contributed by atoms with Crippen LogP contribution in [0.5, 0.6) is 0 Å². The van der Waals surface area contributed by atoms with E-state index >= 15 is 0 Å². The van der Waals surface area contributed by atoms with Gasteiger partial charge in [-0.3, -0.25) is 4.79 Å². The van der Waals surface area contributed by atoms with Gasteiger partial charge in [0.1, 0.15) is 0 Å². The van der Waals surface area contributed by atoms with Gasteiger partial charge >= 0.3 is 0 Å². The van der Waals surface area contributed by atoms with Gasteiger partial charge in [0.2, 0.25) is 15.9 Å². The molecule has 5 nitrogen and oxygen atoms in total. The molecule has 0 saturated heterocycles. The minimum absolute atomic E-state index is 0.0492. The first-order valence-corrected chi connectivity index (χ1v) is 8.71. The van der Waals surface area contributed by atoms with Gasteiger partial charge in [0.05, 0.1) is 12.8 Å². The zero-order valence-electron chi connectivity index (χ0n) is 13.3. The van der Waals surface area contributed by atoms with Crippen molar-refractivity contribution in [2.75, 3.05) is 19.8 Å². The SMILES string of the molecule is Cc1ccc(C[C@H](C)NC(=O)CN(C)S(C)(=O)=O)c(C)c1. The summed E-state index contributed by atoms with van der Waals surface area (Å²) in [5.41, 5.74) is 3.59. The predicted molar refractivity (Wildman–Crippen MR) is 84.7 cm³/mol. The lowest BCUT2D eigenvalue weighted by Crippen LogP contribution is -2.42. The number of hydrogen-bond acceptors (Lipinski definition) is 3. The molecule has 0 spiro atoms. The number of amides is 1. The zero-order chi connectivity index (χ0) is 16.2. The highest BCUT2D eigenvalue weighted by Crippen LogP contribution is 2.12. The quantitative estimate of drug-likeness (QED) is 0.859. The summed E-state index contributed by atoms with van der Waals surface area (Å²) in [4.78, 5) is 11.8. The fraction of sp³-hybridized carbons (Fsp3) is 0.533. The molecule has 0 aliphatic heterocycles. The molecule has 0 fully saturated rings. The molecule has 1 aromatic carbocycles. The summed E-state index contributed by atoms with van der Waals surface area (Å²) >= 11 is 0. The van der Waals surface area contributed by atoms with Crippen LogP contribution in [0, 0.1) is 13.8 Å². The molecular weight excluding hydrogens is 288 g/mol. The first kappa shape index (κ1) is 17.7. The van der Waals surface area contributed by atoms with Crippen molar-refractivity contribution < 1.29 is 13.2 Å². The second-order valence-corrected chi connectivity index (χ2v) is 7.71. The van der Waals surface area contributed by atoms with E-state index < -0.39 is 10.0 Å². The van der Waals surface area contributed by atoms with Crippen molar-refractivity contribution in [3.05, 3.63) is 34.9 Å². The number of carbonyl (C=O) groups is 1. The first-order valence-electron chi connectivity index (χ1n) is 6.86. The number of sulfonamides is 1. The normalized spacial score (nSPS) is 13.2. The van der Waals surface area contributed by atoms with Crippen LogP contribution < -0.4 is 5.32 Å². The third-order valence-corrected chi connectivity index (χ3v) is 4.63. The summed E-state index contributed by atoms with van der Waals surface area (Å²) in [6, 6.07) is 6.18. The first-order chi connectivity index (χ1) is 9.59. The molecule has 0 radical (unpaired) electrons. The van der Waals surface area contributed by atoms with Crippen LogP contribution in [0.1, 0.15) is 23.6 Å². The molecule has 0 heterocycles. The molecule has 0 aromatic heterocycles. The summed E-state index contributed by atoms with van der Waals surface area (Å²) in [5.74, 6) is -0.291. The number of nitrogens with zero attached hydrogens (tertiary/aromatic N) is 1. The molecule has 0 saturated carbocycles. The number of benzene rings is 1. The molecule has 1 aromatic rings. The number of hydrogen-bond donors (Lipinski definition) is 1. The maximum absolute atomic E-state index is 11.8. The van der Waals surface area contributed by atoms with Gasteiger partial charge in [-0.2, -0.15) is 4.31 Å². The number of aryl methyl sites for hydroxylation is 2. The Labute approximate surface area is 127 Å². The Balaban J connectivity index is 2.57. The molecule has 0 aliphatic carbocycles.